The number of carbonyl (C=O) groups is 1. The minimum Gasteiger partial charge on any atom is -0.492 e. The van der Waals surface area contributed by atoms with Crippen LogP contribution < -0.4 is 10.1 Å². The Morgan fingerprint density at radius 2 is 2.19 bits per heavy atom. The van der Waals surface area contributed by atoms with Gasteiger partial charge in [0, 0.05) is 18.5 Å². The highest BCUT2D eigenvalue weighted by Crippen LogP contribution is 2.27. The quantitative estimate of drug-likeness (QED) is 0.828. The van der Waals surface area contributed by atoms with Crippen LogP contribution in [0.2, 0.25) is 10.0 Å². The summed E-state index contributed by atoms with van der Waals surface area (Å²) in [5.41, 5.74) is 0. The summed E-state index contributed by atoms with van der Waals surface area (Å²) >= 11 is 11.7. The summed E-state index contributed by atoms with van der Waals surface area (Å²) in [4.78, 5) is 10.9. The van der Waals surface area contributed by atoms with E-state index in [1.165, 1.54) is 0 Å². The molecule has 16 heavy (non-hydrogen) atoms. The summed E-state index contributed by atoms with van der Waals surface area (Å²) in [6, 6.07) is 5.04. The van der Waals surface area contributed by atoms with Gasteiger partial charge in [-0.25, -0.2) is 0 Å². The average molecular weight is 262 g/mol. The van der Waals surface area contributed by atoms with E-state index in [2.05, 4.69) is 5.32 Å². The first kappa shape index (κ1) is 13.1. The van der Waals surface area contributed by atoms with E-state index in [0.717, 1.165) is 0 Å². The highest BCUT2D eigenvalue weighted by molar-refractivity contribution is 6.35. The summed E-state index contributed by atoms with van der Waals surface area (Å²) < 4.78 is 5.42. The van der Waals surface area contributed by atoms with Gasteiger partial charge in [0.1, 0.15) is 5.75 Å². The summed E-state index contributed by atoms with van der Waals surface area (Å²) in [5.74, 6) is 0.591. The van der Waals surface area contributed by atoms with E-state index in [-0.39, 0.29) is 5.91 Å². The Bertz CT molecular complexity index is 369. The van der Waals surface area contributed by atoms with Crippen molar-refractivity contribution in [3.8, 4) is 5.75 Å². The second kappa shape index (κ2) is 6.61. The number of carbonyl (C=O) groups excluding carboxylic acids is 1. The number of halogens is 2. The largest absolute Gasteiger partial charge is 0.492 e. The van der Waals surface area contributed by atoms with Crippen LogP contribution in [0.4, 0.5) is 0 Å². The molecule has 0 radical (unpaired) electrons. The van der Waals surface area contributed by atoms with Gasteiger partial charge in [-0.1, -0.05) is 23.2 Å². The molecule has 0 saturated heterocycles. The van der Waals surface area contributed by atoms with Crippen molar-refractivity contribution in [1.29, 1.82) is 0 Å². The maximum absolute atomic E-state index is 10.9. The van der Waals surface area contributed by atoms with Crippen molar-refractivity contribution in [3.05, 3.63) is 28.2 Å². The monoisotopic (exact) mass is 261 g/mol. The van der Waals surface area contributed by atoms with Crippen LogP contribution in [0, 0.1) is 0 Å². The molecule has 0 aliphatic rings. The van der Waals surface area contributed by atoms with Crippen LogP contribution in [0.5, 0.6) is 5.75 Å². The van der Waals surface area contributed by atoms with E-state index in [4.69, 9.17) is 27.9 Å². The van der Waals surface area contributed by atoms with Crippen molar-refractivity contribution >= 4 is 29.1 Å². The number of hydrogen-bond acceptors (Lipinski definition) is 2. The van der Waals surface area contributed by atoms with Crippen LogP contribution in [0.15, 0.2) is 18.2 Å². The number of amides is 1. The molecule has 0 spiro atoms. The third-order valence-electron chi connectivity index (χ3n) is 1.98. The van der Waals surface area contributed by atoms with Gasteiger partial charge in [0.05, 0.1) is 11.6 Å². The van der Waals surface area contributed by atoms with Gasteiger partial charge in [0.2, 0.25) is 5.91 Å². The van der Waals surface area contributed by atoms with Crippen molar-refractivity contribution < 1.29 is 9.53 Å². The number of nitrogens with one attached hydrogen (secondary N) is 1. The second-order valence-electron chi connectivity index (χ2n) is 3.20. The Morgan fingerprint density at radius 3 is 2.81 bits per heavy atom. The van der Waals surface area contributed by atoms with Gasteiger partial charge in [-0.3, -0.25) is 4.79 Å². The van der Waals surface area contributed by atoms with Crippen LogP contribution in [0.25, 0.3) is 0 Å². The SMILES string of the molecule is CNC(=O)CCCOc1ccc(Cl)cc1Cl. The van der Waals surface area contributed by atoms with Crippen molar-refractivity contribution in [2.24, 2.45) is 0 Å². The van der Waals surface area contributed by atoms with E-state index < -0.39 is 0 Å². The van der Waals surface area contributed by atoms with Gasteiger partial charge in [0.25, 0.3) is 0 Å². The van der Waals surface area contributed by atoms with Crippen molar-refractivity contribution in [2.45, 2.75) is 12.8 Å². The summed E-state index contributed by atoms with van der Waals surface area (Å²) in [7, 11) is 1.61. The molecule has 3 nitrogen and oxygen atoms in total. The zero-order valence-electron chi connectivity index (χ0n) is 8.93. The Morgan fingerprint density at radius 1 is 1.44 bits per heavy atom. The Balaban J connectivity index is 2.35. The highest BCUT2D eigenvalue weighted by atomic mass is 35.5. The molecule has 0 bridgehead atoms. The average Bonchev–Trinajstić information content (AvgIpc) is 2.26. The molecule has 1 aromatic carbocycles. The molecule has 1 amide bonds. The third-order valence-corrected chi connectivity index (χ3v) is 2.51. The van der Waals surface area contributed by atoms with Crippen molar-refractivity contribution in [3.63, 3.8) is 0 Å². The molecular formula is C11H13Cl2NO2. The molecule has 0 aliphatic heterocycles. The predicted molar refractivity (Wildman–Crippen MR) is 65.3 cm³/mol. The minimum absolute atomic E-state index is 0.00537. The van der Waals surface area contributed by atoms with Gasteiger partial charge in [-0.15, -0.1) is 0 Å². The van der Waals surface area contributed by atoms with Crippen LogP contribution in [-0.4, -0.2) is 19.6 Å². The molecule has 5 heteroatoms. The molecule has 1 rings (SSSR count). The topological polar surface area (TPSA) is 38.3 Å². The molecule has 1 N–H and O–H groups in total. The molecule has 0 unspecified atom stereocenters. The van der Waals surface area contributed by atoms with Crippen LogP contribution in [0.3, 0.4) is 0 Å². The molecule has 0 heterocycles. The van der Waals surface area contributed by atoms with Gasteiger partial charge in [-0.05, 0) is 24.6 Å². The zero-order chi connectivity index (χ0) is 12.0. The third kappa shape index (κ3) is 4.29. The van der Waals surface area contributed by atoms with Gasteiger partial charge in [0.15, 0.2) is 0 Å². The molecule has 0 aromatic heterocycles. The lowest BCUT2D eigenvalue weighted by Gasteiger charge is -2.07. The van der Waals surface area contributed by atoms with Crippen molar-refractivity contribution in [2.75, 3.05) is 13.7 Å². The van der Waals surface area contributed by atoms with Gasteiger partial charge < -0.3 is 10.1 Å². The van der Waals surface area contributed by atoms with Crippen LogP contribution in [-0.2, 0) is 4.79 Å². The van der Waals surface area contributed by atoms with Crippen LogP contribution >= 0.6 is 23.2 Å². The van der Waals surface area contributed by atoms with Gasteiger partial charge in [-0.2, -0.15) is 0 Å². The van der Waals surface area contributed by atoms with E-state index in [0.29, 0.717) is 35.2 Å². The fraction of sp³-hybridized carbons (Fsp3) is 0.364. The first-order valence-corrected chi connectivity index (χ1v) is 5.67. The molecule has 0 aliphatic carbocycles. The van der Waals surface area contributed by atoms with Crippen LogP contribution in [0.1, 0.15) is 12.8 Å². The number of hydrogen-bond donors (Lipinski definition) is 1. The minimum atomic E-state index is 0.00537. The summed E-state index contributed by atoms with van der Waals surface area (Å²) in [6.07, 6.45) is 1.10. The lowest BCUT2D eigenvalue weighted by Crippen LogP contribution is -2.18. The molecular weight excluding hydrogens is 249 g/mol. The van der Waals surface area contributed by atoms with E-state index >= 15 is 0 Å². The summed E-state index contributed by atoms with van der Waals surface area (Å²) in [6.45, 7) is 0.453. The fourth-order valence-corrected chi connectivity index (χ4v) is 1.60. The number of benzene rings is 1. The first-order chi connectivity index (χ1) is 7.63. The maximum atomic E-state index is 10.9. The molecule has 1 aromatic rings. The predicted octanol–water partition coefficient (Wildman–Crippen LogP) is 2.90. The Kier molecular flexibility index (Phi) is 5.43. The standard InChI is InChI=1S/C11H13Cl2NO2/c1-14-11(15)3-2-6-16-10-5-4-8(12)7-9(10)13/h4-5,7H,2-3,6H2,1H3,(H,14,15). The van der Waals surface area contributed by atoms with E-state index in [9.17, 15) is 4.79 Å². The highest BCUT2D eigenvalue weighted by Gasteiger charge is 2.03. The fourth-order valence-electron chi connectivity index (χ4n) is 1.13. The lowest BCUT2D eigenvalue weighted by atomic mass is 10.3. The Labute approximate surface area is 105 Å². The van der Waals surface area contributed by atoms with Gasteiger partial charge >= 0.3 is 0 Å². The molecule has 0 saturated carbocycles. The normalized spacial score (nSPS) is 9.94. The summed E-state index contributed by atoms with van der Waals surface area (Å²) in [5, 5.41) is 3.60. The lowest BCUT2D eigenvalue weighted by molar-refractivity contribution is -0.120. The second-order valence-corrected chi connectivity index (χ2v) is 4.04. The van der Waals surface area contributed by atoms with Crippen molar-refractivity contribution in [1.82, 2.24) is 5.32 Å². The zero-order valence-corrected chi connectivity index (χ0v) is 10.4. The smallest absolute Gasteiger partial charge is 0.219 e. The molecule has 0 fully saturated rings. The molecule has 88 valence electrons. The number of rotatable bonds is 5. The van der Waals surface area contributed by atoms with E-state index in [1.807, 2.05) is 0 Å². The Hall–Kier alpha value is -0.930. The number of ether oxygens (including phenoxy) is 1. The maximum Gasteiger partial charge on any atom is 0.219 e. The molecule has 0 atom stereocenters. The first-order valence-electron chi connectivity index (χ1n) is 4.92. The van der Waals surface area contributed by atoms with E-state index in [1.54, 1.807) is 25.2 Å².